The Labute approximate surface area is 198 Å². The summed E-state index contributed by atoms with van der Waals surface area (Å²) in [5.74, 6) is 1.91. The third-order valence-corrected chi connectivity index (χ3v) is 6.44. The lowest BCUT2D eigenvalue weighted by Gasteiger charge is -2.18. The van der Waals surface area contributed by atoms with E-state index in [1.807, 2.05) is 36.4 Å². The second-order valence-corrected chi connectivity index (χ2v) is 8.44. The van der Waals surface area contributed by atoms with Crippen LogP contribution in [0.25, 0.3) is 21.5 Å². The minimum atomic E-state index is 0.268. The van der Waals surface area contributed by atoms with Crippen molar-refractivity contribution in [3.63, 3.8) is 0 Å². The molecular formula is C28H40N2O3. The predicted octanol–water partition coefficient (Wildman–Crippen LogP) is 5.92. The third-order valence-electron chi connectivity index (χ3n) is 6.44. The van der Waals surface area contributed by atoms with Crippen molar-refractivity contribution < 1.29 is 14.6 Å². The van der Waals surface area contributed by atoms with Crippen LogP contribution < -0.4 is 9.47 Å². The Morgan fingerprint density at radius 2 is 1.15 bits per heavy atom. The zero-order chi connectivity index (χ0) is 23.6. The highest BCUT2D eigenvalue weighted by Gasteiger charge is 2.09. The molecule has 3 aromatic rings. The van der Waals surface area contributed by atoms with Gasteiger partial charge in [0.2, 0.25) is 0 Å². The number of phenolic OH excluding ortho intramolecular Hbond substituents is 1. The first-order chi connectivity index (χ1) is 16.1. The van der Waals surface area contributed by atoms with Crippen LogP contribution in [0.5, 0.6) is 17.2 Å². The van der Waals surface area contributed by atoms with E-state index < -0.39 is 0 Å². The molecule has 0 aliphatic rings. The minimum absolute atomic E-state index is 0.268. The predicted molar refractivity (Wildman–Crippen MR) is 139 cm³/mol. The molecule has 0 radical (unpaired) electrons. The van der Waals surface area contributed by atoms with Crippen molar-refractivity contribution in [1.29, 1.82) is 0 Å². The van der Waals surface area contributed by atoms with Gasteiger partial charge in [-0.2, -0.15) is 0 Å². The van der Waals surface area contributed by atoms with E-state index in [1.165, 1.54) is 0 Å². The van der Waals surface area contributed by atoms with Gasteiger partial charge in [0.1, 0.15) is 17.2 Å². The largest absolute Gasteiger partial charge is 0.507 e. The van der Waals surface area contributed by atoms with E-state index in [9.17, 15) is 5.11 Å². The summed E-state index contributed by atoms with van der Waals surface area (Å²) in [4.78, 5) is 4.79. The number of rotatable bonds is 14. The van der Waals surface area contributed by atoms with Crippen molar-refractivity contribution in [1.82, 2.24) is 9.80 Å². The summed E-state index contributed by atoms with van der Waals surface area (Å²) >= 11 is 0. The average Bonchev–Trinajstić information content (AvgIpc) is 2.84. The molecule has 0 atom stereocenters. The number of nitrogens with zero attached hydrogens (tertiary/aromatic N) is 2. The number of phenols is 1. The highest BCUT2D eigenvalue weighted by atomic mass is 16.5. The molecule has 3 aromatic carbocycles. The van der Waals surface area contributed by atoms with Crippen molar-refractivity contribution in [3.05, 3.63) is 42.5 Å². The van der Waals surface area contributed by atoms with Gasteiger partial charge in [-0.05, 0) is 91.6 Å². The molecule has 0 aromatic heterocycles. The molecule has 3 rings (SSSR count). The van der Waals surface area contributed by atoms with Crippen LogP contribution in [0.15, 0.2) is 42.5 Å². The lowest BCUT2D eigenvalue weighted by molar-refractivity contribution is 0.249. The van der Waals surface area contributed by atoms with E-state index in [0.717, 1.165) is 85.2 Å². The Bertz CT molecular complexity index is 1010. The van der Waals surface area contributed by atoms with Crippen LogP contribution in [0.3, 0.4) is 0 Å². The Hall–Kier alpha value is -2.50. The van der Waals surface area contributed by atoms with Crippen molar-refractivity contribution >= 4 is 21.5 Å². The fourth-order valence-electron chi connectivity index (χ4n) is 4.32. The molecule has 33 heavy (non-hydrogen) atoms. The number of hydrogen-bond donors (Lipinski definition) is 1. The maximum absolute atomic E-state index is 10.7. The molecule has 0 heterocycles. The van der Waals surface area contributed by atoms with Gasteiger partial charge >= 0.3 is 0 Å². The molecule has 0 saturated heterocycles. The maximum atomic E-state index is 10.7. The molecular weight excluding hydrogens is 412 g/mol. The van der Waals surface area contributed by atoms with Gasteiger partial charge in [0.05, 0.1) is 13.2 Å². The van der Waals surface area contributed by atoms with Crippen molar-refractivity contribution in [2.45, 2.75) is 40.5 Å². The molecule has 0 unspecified atom stereocenters. The zero-order valence-corrected chi connectivity index (χ0v) is 20.8. The molecule has 0 spiro atoms. The Morgan fingerprint density at radius 3 is 1.70 bits per heavy atom. The summed E-state index contributed by atoms with van der Waals surface area (Å²) in [5, 5.41) is 14.6. The smallest absolute Gasteiger partial charge is 0.124 e. The summed E-state index contributed by atoms with van der Waals surface area (Å²) in [6.07, 6.45) is 1.99. The van der Waals surface area contributed by atoms with Crippen molar-refractivity contribution in [2.75, 3.05) is 52.5 Å². The Balaban J connectivity index is 1.66. The van der Waals surface area contributed by atoms with Crippen LogP contribution in [-0.4, -0.2) is 67.4 Å². The summed E-state index contributed by atoms with van der Waals surface area (Å²) < 4.78 is 11.9. The second kappa shape index (κ2) is 12.7. The van der Waals surface area contributed by atoms with Gasteiger partial charge in [0, 0.05) is 18.5 Å². The lowest BCUT2D eigenvalue weighted by atomic mass is 10.0. The van der Waals surface area contributed by atoms with E-state index in [0.29, 0.717) is 13.2 Å². The first kappa shape index (κ1) is 25.1. The molecule has 0 saturated carbocycles. The summed E-state index contributed by atoms with van der Waals surface area (Å²) in [6, 6.07) is 13.9. The summed E-state index contributed by atoms with van der Waals surface area (Å²) in [5.41, 5.74) is 0. The summed E-state index contributed by atoms with van der Waals surface area (Å²) in [7, 11) is 0. The maximum Gasteiger partial charge on any atom is 0.124 e. The van der Waals surface area contributed by atoms with Gasteiger partial charge in [0.25, 0.3) is 0 Å². The average molecular weight is 453 g/mol. The number of ether oxygens (including phenoxy) is 2. The van der Waals surface area contributed by atoms with Crippen LogP contribution >= 0.6 is 0 Å². The van der Waals surface area contributed by atoms with E-state index >= 15 is 0 Å². The summed E-state index contributed by atoms with van der Waals surface area (Å²) in [6.45, 7) is 16.5. The second-order valence-electron chi connectivity index (χ2n) is 8.44. The van der Waals surface area contributed by atoms with Crippen molar-refractivity contribution in [3.8, 4) is 17.2 Å². The highest BCUT2D eigenvalue weighted by Crippen LogP contribution is 2.36. The van der Waals surface area contributed by atoms with Crippen LogP contribution in [-0.2, 0) is 0 Å². The molecule has 0 aliphatic carbocycles. The molecule has 0 fully saturated rings. The topological polar surface area (TPSA) is 45.2 Å². The molecule has 1 N–H and O–H groups in total. The molecule has 0 bridgehead atoms. The lowest BCUT2D eigenvalue weighted by Crippen LogP contribution is -2.25. The van der Waals surface area contributed by atoms with Gasteiger partial charge in [-0.25, -0.2) is 0 Å². The normalized spacial score (nSPS) is 11.7. The molecule has 180 valence electrons. The van der Waals surface area contributed by atoms with E-state index in [-0.39, 0.29) is 5.75 Å². The third kappa shape index (κ3) is 6.75. The van der Waals surface area contributed by atoms with E-state index in [1.54, 1.807) is 0 Å². The molecule has 5 nitrogen and oxygen atoms in total. The molecule has 0 amide bonds. The van der Waals surface area contributed by atoms with Crippen LogP contribution in [0.2, 0.25) is 0 Å². The number of fused-ring (bicyclic) bond motifs is 3. The minimum Gasteiger partial charge on any atom is -0.507 e. The van der Waals surface area contributed by atoms with Gasteiger partial charge < -0.3 is 24.4 Å². The first-order valence-corrected chi connectivity index (χ1v) is 12.5. The van der Waals surface area contributed by atoms with Crippen molar-refractivity contribution in [2.24, 2.45) is 0 Å². The number of benzene rings is 3. The number of hydrogen-bond acceptors (Lipinski definition) is 5. The highest BCUT2D eigenvalue weighted by molar-refractivity contribution is 6.10. The molecule has 0 aliphatic heterocycles. The first-order valence-electron chi connectivity index (χ1n) is 12.5. The van der Waals surface area contributed by atoms with Crippen LogP contribution in [0, 0.1) is 0 Å². The SMILES string of the molecule is CCN(CC)CCCOc1ccc2c(c1)cc(O)c1cc(OCCCN(CC)CC)ccc12. The number of aromatic hydroxyl groups is 1. The van der Waals surface area contributed by atoms with Gasteiger partial charge in [-0.1, -0.05) is 33.8 Å². The van der Waals surface area contributed by atoms with Gasteiger partial charge in [0.15, 0.2) is 0 Å². The standard InChI is InChI=1S/C28H40N2O3/c1-5-29(6-2)15-9-17-32-23-11-13-25-22(19-23)20-28(31)27-21-24(12-14-26(25)27)33-18-10-16-30(7-3)8-4/h11-14,19-21,31H,5-10,15-18H2,1-4H3. The molecule has 5 heteroatoms. The van der Waals surface area contributed by atoms with Gasteiger partial charge in [-0.3, -0.25) is 0 Å². The van der Waals surface area contributed by atoms with E-state index in [2.05, 4.69) is 43.6 Å². The Morgan fingerprint density at radius 1 is 0.636 bits per heavy atom. The Kier molecular flexibility index (Phi) is 9.64. The zero-order valence-electron chi connectivity index (χ0n) is 20.8. The van der Waals surface area contributed by atoms with Gasteiger partial charge in [-0.15, -0.1) is 0 Å². The monoisotopic (exact) mass is 452 g/mol. The fourth-order valence-corrected chi connectivity index (χ4v) is 4.32. The fraction of sp³-hybridized carbons (Fsp3) is 0.500. The van der Waals surface area contributed by atoms with E-state index in [4.69, 9.17) is 9.47 Å². The van der Waals surface area contributed by atoms with Crippen LogP contribution in [0.1, 0.15) is 40.5 Å². The van der Waals surface area contributed by atoms with Crippen LogP contribution in [0.4, 0.5) is 0 Å². The quantitative estimate of drug-likeness (QED) is 0.243.